The first-order chi connectivity index (χ1) is 10.3. The maximum Gasteiger partial charge on any atom is 0.191 e. The third-order valence-corrected chi connectivity index (χ3v) is 3.80. The van der Waals surface area contributed by atoms with Gasteiger partial charge in [-0.2, -0.15) is 0 Å². The first-order valence-corrected chi connectivity index (χ1v) is 8.23. The Morgan fingerprint density at radius 1 is 1.18 bits per heavy atom. The summed E-state index contributed by atoms with van der Waals surface area (Å²) in [6.45, 7) is 6.60. The topological polar surface area (TPSA) is 49.3 Å². The van der Waals surface area contributed by atoms with Gasteiger partial charge in [0.15, 0.2) is 5.96 Å². The van der Waals surface area contributed by atoms with Crippen LogP contribution in [0.4, 0.5) is 0 Å². The van der Waals surface area contributed by atoms with Gasteiger partial charge in [0, 0.05) is 24.0 Å². The van der Waals surface area contributed by atoms with Crippen LogP contribution in [0, 0.1) is 0 Å². The molecule has 0 aliphatic heterocycles. The van der Waals surface area contributed by atoms with Crippen LogP contribution in [0.2, 0.25) is 0 Å². The maximum absolute atomic E-state index is 4.65. The summed E-state index contributed by atoms with van der Waals surface area (Å²) >= 11 is 1.66. The summed E-state index contributed by atoms with van der Waals surface area (Å²) in [5, 5.41) is 9.66. The number of nitrogens with zero attached hydrogens (tertiary/aromatic N) is 2. The third kappa shape index (κ3) is 5.92. The summed E-state index contributed by atoms with van der Waals surface area (Å²) in [4.78, 5) is 9.22. The van der Waals surface area contributed by atoms with Crippen molar-refractivity contribution in [1.29, 1.82) is 0 Å². The predicted octanol–water partition coefficient (Wildman–Crippen LogP) is 3.89. The van der Waals surface area contributed by atoms with E-state index >= 15 is 0 Å². The van der Waals surface area contributed by atoms with Crippen LogP contribution < -0.4 is 10.6 Å². The first kappa shape index (κ1) is 18.9. The van der Waals surface area contributed by atoms with Crippen LogP contribution in [-0.2, 0) is 6.54 Å². The van der Waals surface area contributed by atoms with Crippen molar-refractivity contribution in [2.75, 3.05) is 13.1 Å². The minimum Gasteiger partial charge on any atom is -0.357 e. The molecule has 2 aromatic rings. The zero-order chi connectivity index (χ0) is 14.9. The van der Waals surface area contributed by atoms with E-state index in [9.17, 15) is 0 Å². The highest BCUT2D eigenvalue weighted by Crippen LogP contribution is 2.23. The van der Waals surface area contributed by atoms with Gasteiger partial charge in [0.1, 0.15) is 5.01 Å². The van der Waals surface area contributed by atoms with Gasteiger partial charge in [-0.05, 0) is 13.3 Å². The molecule has 1 aromatic carbocycles. The standard InChI is InChI=1S/C16H22N4S.HI/c1-3-10-18-16(17-4-2)19-11-14-12-21-15(20-14)13-8-6-5-7-9-13;/h5-9,12H,3-4,10-11H2,1-2H3,(H2,17,18,19);1H. The molecule has 0 bridgehead atoms. The highest BCUT2D eigenvalue weighted by atomic mass is 127. The normalized spacial score (nSPS) is 10.9. The van der Waals surface area contributed by atoms with Crippen molar-refractivity contribution in [3.63, 3.8) is 0 Å². The van der Waals surface area contributed by atoms with Crippen LogP contribution in [-0.4, -0.2) is 24.0 Å². The fourth-order valence-corrected chi connectivity index (χ4v) is 2.66. The van der Waals surface area contributed by atoms with Gasteiger partial charge in [0.05, 0.1) is 12.2 Å². The number of nitrogens with one attached hydrogen (secondary N) is 2. The zero-order valence-electron chi connectivity index (χ0n) is 13.0. The Hall–Kier alpha value is -1.15. The summed E-state index contributed by atoms with van der Waals surface area (Å²) in [7, 11) is 0. The molecule has 1 aromatic heterocycles. The Kier molecular flexibility index (Phi) is 9.07. The lowest BCUT2D eigenvalue weighted by molar-refractivity contribution is 0.784. The molecular weight excluding hydrogens is 407 g/mol. The Morgan fingerprint density at radius 3 is 2.64 bits per heavy atom. The van der Waals surface area contributed by atoms with Crippen molar-refractivity contribution in [1.82, 2.24) is 15.6 Å². The largest absolute Gasteiger partial charge is 0.357 e. The van der Waals surface area contributed by atoms with Crippen LogP contribution in [0.25, 0.3) is 10.6 Å². The lowest BCUT2D eigenvalue weighted by Crippen LogP contribution is -2.37. The number of benzene rings is 1. The van der Waals surface area contributed by atoms with E-state index in [0.29, 0.717) is 6.54 Å². The van der Waals surface area contributed by atoms with Gasteiger partial charge in [0.2, 0.25) is 0 Å². The van der Waals surface area contributed by atoms with Crippen LogP contribution in [0.1, 0.15) is 26.0 Å². The summed E-state index contributed by atoms with van der Waals surface area (Å²) in [5.74, 6) is 0.855. The second-order valence-corrected chi connectivity index (χ2v) is 5.49. The van der Waals surface area contributed by atoms with E-state index in [1.165, 1.54) is 0 Å². The molecule has 0 unspecified atom stereocenters. The molecule has 0 radical (unpaired) electrons. The quantitative estimate of drug-likeness (QED) is 0.415. The highest BCUT2D eigenvalue weighted by molar-refractivity contribution is 14.0. The fourth-order valence-electron chi connectivity index (χ4n) is 1.84. The van der Waals surface area contributed by atoms with Gasteiger partial charge in [-0.25, -0.2) is 9.98 Å². The molecule has 6 heteroatoms. The van der Waals surface area contributed by atoms with Crippen LogP contribution in [0.15, 0.2) is 40.7 Å². The molecule has 4 nitrogen and oxygen atoms in total. The molecule has 1 heterocycles. The second-order valence-electron chi connectivity index (χ2n) is 4.63. The molecule has 0 aliphatic carbocycles. The predicted molar refractivity (Wildman–Crippen MR) is 106 cm³/mol. The summed E-state index contributed by atoms with van der Waals surface area (Å²) in [5.41, 5.74) is 2.17. The molecule has 0 fully saturated rings. The van der Waals surface area contributed by atoms with Crippen molar-refractivity contribution in [3.8, 4) is 10.6 Å². The number of hydrogen-bond donors (Lipinski definition) is 2. The minimum absolute atomic E-state index is 0. The van der Waals surface area contributed by atoms with E-state index in [0.717, 1.165) is 41.7 Å². The van der Waals surface area contributed by atoms with Crippen LogP contribution in [0.3, 0.4) is 0 Å². The SMILES string of the molecule is CCCNC(=NCc1csc(-c2ccccc2)n1)NCC.I. The molecule has 0 amide bonds. The first-order valence-electron chi connectivity index (χ1n) is 7.35. The van der Waals surface area contributed by atoms with E-state index in [1.807, 2.05) is 18.2 Å². The highest BCUT2D eigenvalue weighted by Gasteiger charge is 2.04. The lowest BCUT2D eigenvalue weighted by Gasteiger charge is -2.09. The van der Waals surface area contributed by atoms with Crippen molar-refractivity contribution < 1.29 is 0 Å². The summed E-state index contributed by atoms with van der Waals surface area (Å²) < 4.78 is 0. The van der Waals surface area contributed by atoms with Crippen molar-refractivity contribution >= 4 is 41.3 Å². The molecular formula is C16H23IN4S. The van der Waals surface area contributed by atoms with E-state index in [2.05, 4.69) is 52.0 Å². The molecule has 0 aliphatic rings. The Morgan fingerprint density at radius 2 is 1.95 bits per heavy atom. The van der Waals surface area contributed by atoms with E-state index < -0.39 is 0 Å². The number of rotatable bonds is 6. The number of halogens is 1. The molecule has 0 atom stereocenters. The number of thiazole rings is 1. The number of guanidine groups is 1. The van der Waals surface area contributed by atoms with Crippen molar-refractivity contribution in [2.45, 2.75) is 26.8 Å². The van der Waals surface area contributed by atoms with E-state index in [1.54, 1.807) is 11.3 Å². The van der Waals surface area contributed by atoms with Crippen LogP contribution in [0.5, 0.6) is 0 Å². The number of aromatic nitrogens is 1. The number of aliphatic imine (C=N–C) groups is 1. The maximum atomic E-state index is 4.65. The number of hydrogen-bond acceptors (Lipinski definition) is 3. The third-order valence-electron chi connectivity index (χ3n) is 2.86. The molecule has 22 heavy (non-hydrogen) atoms. The molecule has 120 valence electrons. The minimum atomic E-state index is 0. The average Bonchev–Trinajstić information content (AvgIpc) is 3.00. The Labute approximate surface area is 153 Å². The van der Waals surface area contributed by atoms with Crippen molar-refractivity contribution in [2.24, 2.45) is 4.99 Å². The molecule has 0 saturated carbocycles. The molecule has 0 saturated heterocycles. The monoisotopic (exact) mass is 430 g/mol. The summed E-state index contributed by atoms with van der Waals surface area (Å²) in [6, 6.07) is 10.3. The van der Waals surface area contributed by atoms with Crippen LogP contribution >= 0.6 is 35.3 Å². The smallest absolute Gasteiger partial charge is 0.191 e. The van der Waals surface area contributed by atoms with E-state index in [-0.39, 0.29) is 24.0 Å². The van der Waals surface area contributed by atoms with E-state index in [4.69, 9.17) is 0 Å². The Bertz CT molecular complexity index is 569. The molecule has 2 rings (SSSR count). The molecule has 2 N–H and O–H groups in total. The van der Waals surface area contributed by atoms with Crippen molar-refractivity contribution in [3.05, 3.63) is 41.4 Å². The lowest BCUT2D eigenvalue weighted by atomic mass is 10.2. The van der Waals surface area contributed by atoms with Gasteiger partial charge in [-0.1, -0.05) is 37.3 Å². The zero-order valence-corrected chi connectivity index (χ0v) is 16.2. The van der Waals surface area contributed by atoms with Gasteiger partial charge in [0.25, 0.3) is 0 Å². The molecule has 0 spiro atoms. The second kappa shape index (κ2) is 10.6. The average molecular weight is 430 g/mol. The van der Waals surface area contributed by atoms with Gasteiger partial charge >= 0.3 is 0 Å². The Balaban J connectivity index is 0.00000242. The van der Waals surface area contributed by atoms with Gasteiger partial charge < -0.3 is 10.6 Å². The summed E-state index contributed by atoms with van der Waals surface area (Å²) in [6.07, 6.45) is 1.08. The van der Waals surface area contributed by atoms with Gasteiger partial charge in [-0.15, -0.1) is 35.3 Å². The van der Waals surface area contributed by atoms with Gasteiger partial charge in [-0.3, -0.25) is 0 Å². The fraction of sp³-hybridized carbons (Fsp3) is 0.375.